The fourth-order valence-corrected chi connectivity index (χ4v) is 7.44. The largest absolute Gasteiger partial charge is 0.353 e. The van der Waals surface area contributed by atoms with Gasteiger partial charge in [-0.05, 0) is 148 Å². The summed E-state index contributed by atoms with van der Waals surface area (Å²) in [5.41, 5.74) is 12.3. The summed E-state index contributed by atoms with van der Waals surface area (Å²) in [6, 6.07) is 17.9. The van der Waals surface area contributed by atoms with Gasteiger partial charge in [-0.15, -0.1) is 0 Å². The van der Waals surface area contributed by atoms with Gasteiger partial charge in [0.25, 0.3) is 0 Å². The Balaban J connectivity index is 1.32. The zero-order valence-electron chi connectivity index (χ0n) is 30.3. The van der Waals surface area contributed by atoms with Crippen LogP contribution in [0.15, 0.2) is 48.5 Å². The standard InChI is InChI=1S/C42H57NO6/c1-5-36-30(3)33(28-48-41-14-8-11-25-45-41)18-22-38(36)43(35-20-16-32(17-21-35)27-47-40-13-7-10-24-44-40)39-23-19-34(31(4)37(39)6-2)29-49-42-15-9-12-26-46-42/h16-23,40-42H,5-15,24-29H2,1-4H3. The molecule has 3 heterocycles. The van der Waals surface area contributed by atoms with Crippen molar-refractivity contribution in [1.29, 1.82) is 0 Å². The summed E-state index contributed by atoms with van der Waals surface area (Å²) >= 11 is 0. The van der Waals surface area contributed by atoms with Crippen molar-refractivity contribution in [2.75, 3.05) is 24.7 Å². The second kappa shape index (κ2) is 17.9. The fraction of sp³-hybridized carbons (Fsp3) is 0.571. The van der Waals surface area contributed by atoms with Crippen molar-refractivity contribution in [1.82, 2.24) is 0 Å². The molecule has 0 aliphatic carbocycles. The van der Waals surface area contributed by atoms with E-state index >= 15 is 0 Å². The molecule has 3 aliphatic heterocycles. The average Bonchev–Trinajstić information content (AvgIpc) is 3.15. The number of anilines is 3. The predicted molar refractivity (Wildman–Crippen MR) is 194 cm³/mol. The summed E-state index contributed by atoms with van der Waals surface area (Å²) in [5, 5.41) is 0. The third kappa shape index (κ3) is 9.12. The molecule has 0 bridgehead atoms. The molecule has 0 saturated carbocycles. The van der Waals surface area contributed by atoms with Crippen LogP contribution in [0.3, 0.4) is 0 Å². The van der Waals surface area contributed by atoms with E-state index in [1.807, 2.05) is 0 Å². The van der Waals surface area contributed by atoms with Gasteiger partial charge in [0, 0.05) is 36.9 Å². The van der Waals surface area contributed by atoms with Crippen LogP contribution in [0.4, 0.5) is 17.1 Å². The topological polar surface area (TPSA) is 58.6 Å². The molecule has 7 nitrogen and oxygen atoms in total. The Bertz CT molecular complexity index is 1390. The van der Waals surface area contributed by atoms with Crippen LogP contribution in [-0.2, 0) is 61.1 Å². The monoisotopic (exact) mass is 671 g/mol. The van der Waals surface area contributed by atoms with Crippen molar-refractivity contribution in [3.63, 3.8) is 0 Å². The van der Waals surface area contributed by atoms with E-state index in [0.29, 0.717) is 19.8 Å². The maximum atomic E-state index is 6.25. The second-order valence-corrected chi connectivity index (χ2v) is 13.7. The number of rotatable bonds is 14. The van der Waals surface area contributed by atoms with Crippen LogP contribution in [0.2, 0.25) is 0 Å². The molecule has 0 amide bonds. The third-order valence-electron chi connectivity index (χ3n) is 10.5. The highest BCUT2D eigenvalue weighted by atomic mass is 16.7. The average molecular weight is 672 g/mol. The SMILES string of the molecule is CCc1c(N(c2ccc(COC3CCCCO3)cc2)c2ccc(COC3CCCCO3)c(C)c2CC)ccc(COC2CCCCO2)c1C. The highest BCUT2D eigenvalue weighted by Crippen LogP contribution is 2.42. The molecule has 3 aromatic carbocycles. The van der Waals surface area contributed by atoms with Gasteiger partial charge < -0.3 is 33.3 Å². The molecule has 3 saturated heterocycles. The van der Waals surface area contributed by atoms with E-state index in [1.165, 1.54) is 44.8 Å². The summed E-state index contributed by atoms with van der Waals surface area (Å²) in [6.45, 7) is 13.0. The molecule has 266 valence electrons. The Morgan fingerprint density at radius 1 is 0.551 bits per heavy atom. The zero-order valence-corrected chi connectivity index (χ0v) is 30.3. The summed E-state index contributed by atoms with van der Waals surface area (Å²) < 4.78 is 36.2. The summed E-state index contributed by atoms with van der Waals surface area (Å²) in [5.74, 6) is 0. The minimum Gasteiger partial charge on any atom is -0.353 e. The molecule has 49 heavy (non-hydrogen) atoms. The molecular formula is C42H57NO6. The molecule has 7 heteroatoms. The van der Waals surface area contributed by atoms with Crippen molar-refractivity contribution in [2.45, 2.75) is 137 Å². The smallest absolute Gasteiger partial charge is 0.158 e. The minimum atomic E-state index is -0.108. The molecule has 0 spiro atoms. The molecule has 3 aliphatic rings. The molecule has 0 aromatic heterocycles. The maximum Gasteiger partial charge on any atom is 0.158 e. The third-order valence-corrected chi connectivity index (χ3v) is 10.5. The first-order chi connectivity index (χ1) is 24.1. The van der Waals surface area contributed by atoms with Gasteiger partial charge in [0.2, 0.25) is 0 Å². The van der Waals surface area contributed by atoms with Gasteiger partial charge in [0.1, 0.15) is 0 Å². The Kier molecular flexibility index (Phi) is 13.2. The number of benzene rings is 3. The fourth-order valence-electron chi connectivity index (χ4n) is 7.44. The lowest BCUT2D eigenvalue weighted by Gasteiger charge is -2.32. The second-order valence-electron chi connectivity index (χ2n) is 13.7. The van der Waals surface area contributed by atoms with Crippen LogP contribution in [0.1, 0.15) is 111 Å². The number of ether oxygens (including phenoxy) is 6. The quantitative estimate of drug-likeness (QED) is 0.169. The molecule has 3 atom stereocenters. The number of hydrogen-bond donors (Lipinski definition) is 0. The Labute approximate surface area is 294 Å². The van der Waals surface area contributed by atoms with Gasteiger partial charge in [-0.25, -0.2) is 0 Å². The van der Waals surface area contributed by atoms with E-state index in [4.69, 9.17) is 28.4 Å². The van der Waals surface area contributed by atoms with Crippen LogP contribution in [0.5, 0.6) is 0 Å². The Morgan fingerprint density at radius 3 is 1.37 bits per heavy atom. The minimum absolute atomic E-state index is 0.102. The maximum absolute atomic E-state index is 6.25. The van der Waals surface area contributed by atoms with E-state index in [0.717, 1.165) is 102 Å². The van der Waals surface area contributed by atoms with Gasteiger partial charge in [0.05, 0.1) is 19.8 Å². The van der Waals surface area contributed by atoms with Gasteiger partial charge in [0.15, 0.2) is 18.9 Å². The van der Waals surface area contributed by atoms with Gasteiger partial charge in [-0.3, -0.25) is 0 Å². The Hall–Kier alpha value is -2.78. The van der Waals surface area contributed by atoms with Crippen molar-refractivity contribution in [3.8, 4) is 0 Å². The van der Waals surface area contributed by atoms with Crippen molar-refractivity contribution < 1.29 is 28.4 Å². The highest BCUT2D eigenvalue weighted by molar-refractivity contribution is 5.82. The zero-order chi connectivity index (χ0) is 34.0. The molecule has 0 radical (unpaired) electrons. The van der Waals surface area contributed by atoms with Gasteiger partial charge in [-0.1, -0.05) is 38.1 Å². The summed E-state index contributed by atoms with van der Waals surface area (Å²) in [6.07, 6.45) is 11.2. The van der Waals surface area contributed by atoms with Gasteiger partial charge >= 0.3 is 0 Å². The van der Waals surface area contributed by atoms with Crippen molar-refractivity contribution >= 4 is 17.1 Å². The molecular weight excluding hydrogens is 614 g/mol. The van der Waals surface area contributed by atoms with Crippen molar-refractivity contribution in [3.05, 3.63) is 87.5 Å². The van der Waals surface area contributed by atoms with Crippen LogP contribution in [0.25, 0.3) is 0 Å². The molecule has 3 unspecified atom stereocenters. The van der Waals surface area contributed by atoms with Crippen LogP contribution in [-0.4, -0.2) is 38.7 Å². The first-order valence-electron chi connectivity index (χ1n) is 18.9. The van der Waals surface area contributed by atoms with E-state index < -0.39 is 0 Å². The molecule has 3 aromatic rings. The van der Waals surface area contributed by atoms with Crippen LogP contribution >= 0.6 is 0 Å². The van der Waals surface area contributed by atoms with E-state index in [-0.39, 0.29) is 18.9 Å². The lowest BCUT2D eigenvalue weighted by Crippen LogP contribution is -2.22. The highest BCUT2D eigenvalue weighted by Gasteiger charge is 2.24. The first-order valence-corrected chi connectivity index (χ1v) is 18.9. The number of nitrogens with zero attached hydrogens (tertiary/aromatic N) is 1. The summed E-state index contributed by atoms with van der Waals surface area (Å²) in [4.78, 5) is 2.45. The normalized spacial score (nSPS) is 21.5. The van der Waals surface area contributed by atoms with E-state index in [1.54, 1.807) is 0 Å². The van der Waals surface area contributed by atoms with Crippen LogP contribution in [0, 0.1) is 13.8 Å². The van der Waals surface area contributed by atoms with Gasteiger partial charge in [-0.2, -0.15) is 0 Å². The van der Waals surface area contributed by atoms with E-state index in [9.17, 15) is 0 Å². The number of hydrogen-bond acceptors (Lipinski definition) is 7. The van der Waals surface area contributed by atoms with Crippen LogP contribution < -0.4 is 4.90 Å². The Morgan fingerprint density at radius 2 is 0.980 bits per heavy atom. The summed E-state index contributed by atoms with van der Waals surface area (Å²) in [7, 11) is 0. The molecule has 0 N–H and O–H groups in total. The van der Waals surface area contributed by atoms with Crippen molar-refractivity contribution in [2.24, 2.45) is 0 Å². The predicted octanol–water partition coefficient (Wildman–Crippen LogP) is 10.0. The first kappa shape index (κ1) is 36.0. The molecule has 3 fully saturated rings. The lowest BCUT2D eigenvalue weighted by atomic mass is 9.94. The van der Waals surface area contributed by atoms with E-state index in [2.05, 4.69) is 81.1 Å². The molecule has 6 rings (SSSR count). The lowest BCUT2D eigenvalue weighted by molar-refractivity contribution is -0.169.